The number of piperidine rings is 1. The van der Waals surface area contributed by atoms with Crippen LogP contribution in [0.15, 0.2) is 17.0 Å². The molecular formula is C16H25N3O3S. The molecule has 0 aromatic rings. The second-order valence-electron chi connectivity index (χ2n) is 7.05. The summed E-state index contributed by atoms with van der Waals surface area (Å²) < 4.78 is 25.1. The molecule has 1 saturated heterocycles. The van der Waals surface area contributed by atoms with Crippen molar-refractivity contribution in [3.05, 3.63) is 12.0 Å². The molecule has 3 rings (SSSR count). The summed E-state index contributed by atoms with van der Waals surface area (Å²) in [6.45, 7) is 6.26. The first kappa shape index (κ1) is 16.6. The van der Waals surface area contributed by atoms with Gasteiger partial charge in [-0.05, 0) is 31.6 Å². The fourth-order valence-corrected chi connectivity index (χ4v) is 4.73. The fraction of sp³-hybridized carbons (Fsp3) is 0.750. The Hall–Kier alpha value is -1.21. The molecule has 1 N–H and O–H groups in total. The van der Waals surface area contributed by atoms with Crippen LogP contribution in [0.3, 0.4) is 0 Å². The van der Waals surface area contributed by atoms with Gasteiger partial charge in [-0.15, -0.1) is 0 Å². The number of nitrogens with one attached hydrogen (secondary N) is 1. The highest BCUT2D eigenvalue weighted by atomic mass is 32.2. The molecule has 1 spiro atoms. The molecule has 0 aromatic heterocycles. The van der Waals surface area contributed by atoms with Gasteiger partial charge in [-0.25, -0.2) is 8.42 Å². The SMILES string of the molecule is C=CS(=O)(=O)N1CCC2(CC1)N=C([C@H]1CC[C@H](C)CC1)NC2=O. The van der Waals surface area contributed by atoms with Crippen LogP contribution in [-0.2, 0) is 14.8 Å². The lowest BCUT2D eigenvalue weighted by Crippen LogP contribution is -2.50. The van der Waals surface area contributed by atoms with Gasteiger partial charge in [0.2, 0.25) is 10.0 Å². The van der Waals surface area contributed by atoms with Crippen molar-refractivity contribution in [3.63, 3.8) is 0 Å². The zero-order valence-electron chi connectivity index (χ0n) is 13.6. The van der Waals surface area contributed by atoms with Crippen LogP contribution >= 0.6 is 0 Å². The molecule has 6 nitrogen and oxygen atoms in total. The number of amidine groups is 1. The summed E-state index contributed by atoms with van der Waals surface area (Å²) in [6.07, 6.45) is 5.40. The van der Waals surface area contributed by atoms with Gasteiger partial charge in [0.05, 0.1) is 0 Å². The number of nitrogens with zero attached hydrogens (tertiary/aromatic N) is 2. The summed E-state index contributed by atoms with van der Waals surface area (Å²) in [6, 6.07) is 0. The van der Waals surface area contributed by atoms with Gasteiger partial charge >= 0.3 is 0 Å². The zero-order valence-corrected chi connectivity index (χ0v) is 14.4. The van der Waals surface area contributed by atoms with E-state index in [0.29, 0.717) is 31.8 Å². The van der Waals surface area contributed by atoms with Gasteiger partial charge in [-0.2, -0.15) is 4.31 Å². The van der Waals surface area contributed by atoms with Crippen molar-refractivity contribution >= 4 is 21.8 Å². The molecule has 0 unspecified atom stereocenters. The summed E-state index contributed by atoms with van der Waals surface area (Å²) in [7, 11) is -3.41. The van der Waals surface area contributed by atoms with Crippen LogP contribution in [0.2, 0.25) is 0 Å². The van der Waals surface area contributed by atoms with Crippen molar-refractivity contribution in [2.75, 3.05) is 13.1 Å². The van der Waals surface area contributed by atoms with Gasteiger partial charge < -0.3 is 5.32 Å². The Morgan fingerprint density at radius 2 is 1.87 bits per heavy atom. The van der Waals surface area contributed by atoms with E-state index >= 15 is 0 Å². The lowest BCUT2D eigenvalue weighted by Gasteiger charge is -2.34. The topological polar surface area (TPSA) is 78.8 Å². The highest BCUT2D eigenvalue weighted by Gasteiger charge is 2.48. The number of carbonyl (C=O) groups is 1. The molecule has 1 amide bonds. The van der Waals surface area contributed by atoms with Gasteiger partial charge in [-0.3, -0.25) is 9.79 Å². The quantitative estimate of drug-likeness (QED) is 0.849. The normalized spacial score (nSPS) is 31.7. The van der Waals surface area contributed by atoms with Gasteiger partial charge in [-0.1, -0.05) is 26.3 Å². The van der Waals surface area contributed by atoms with Crippen molar-refractivity contribution in [2.24, 2.45) is 16.8 Å². The number of amides is 1. The van der Waals surface area contributed by atoms with Gasteiger partial charge in [0.15, 0.2) is 0 Å². The fourth-order valence-electron chi connectivity index (χ4n) is 3.82. The van der Waals surface area contributed by atoms with Crippen LogP contribution in [0.1, 0.15) is 45.4 Å². The van der Waals surface area contributed by atoms with E-state index in [1.807, 2.05) is 0 Å². The third-order valence-electron chi connectivity index (χ3n) is 5.52. The molecule has 0 aromatic carbocycles. The van der Waals surface area contributed by atoms with E-state index in [-0.39, 0.29) is 5.91 Å². The average Bonchev–Trinajstić information content (AvgIpc) is 2.85. The third-order valence-corrected chi connectivity index (χ3v) is 7.03. The van der Waals surface area contributed by atoms with E-state index < -0.39 is 15.6 Å². The molecule has 1 saturated carbocycles. The first-order valence-corrected chi connectivity index (χ1v) is 9.90. The number of aliphatic imine (C=N–C) groups is 1. The zero-order chi connectivity index (χ0) is 16.7. The summed E-state index contributed by atoms with van der Waals surface area (Å²) >= 11 is 0. The first-order valence-electron chi connectivity index (χ1n) is 8.40. The molecule has 3 aliphatic rings. The summed E-state index contributed by atoms with van der Waals surface area (Å²) in [5.41, 5.74) is -0.758. The van der Waals surface area contributed by atoms with Crippen LogP contribution in [0.4, 0.5) is 0 Å². The average molecular weight is 339 g/mol. The predicted molar refractivity (Wildman–Crippen MR) is 89.4 cm³/mol. The van der Waals surface area contributed by atoms with Crippen LogP contribution in [-0.4, -0.2) is 43.1 Å². The Morgan fingerprint density at radius 1 is 1.26 bits per heavy atom. The second-order valence-corrected chi connectivity index (χ2v) is 8.93. The van der Waals surface area contributed by atoms with Crippen LogP contribution in [0.5, 0.6) is 0 Å². The molecule has 1 aliphatic carbocycles. The number of rotatable bonds is 3. The molecule has 128 valence electrons. The Bertz CT molecular complexity index is 625. The maximum absolute atomic E-state index is 12.5. The van der Waals surface area contributed by atoms with Crippen LogP contribution in [0.25, 0.3) is 0 Å². The van der Waals surface area contributed by atoms with E-state index in [2.05, 4.69) is 18.8 Å². The maximum atomic E-state index is 12.5. The van der Waals surface area contributed by atoms with E-state index in [0.717, 1.165) is 30.0 Å². The van der Waals surface area contributed by atoms with Crippen molar-refractivity contribution in [1.82, 2.24) is 9.62 Å². The third kappa shape index (κ3) is 3.08. The summed E-state index contributed by atoms with van der Waals surface area (Å²) in [5, 5.41) is 3.96. The Balaban J connectivity index is 1.71. The monoisotopic (exact) mass is 339 g/mol. The minimum Gasteiger partial charge on any atom is -0.312 e. The van der Waals surface area contributed by atoms with Gasteiger partial charge in [0, 0.05) is 24.4 Å². The number of hydrogen-bond acceptors (Lipinski definition) is 4. The van der Waals surface area contributed by atoms with Crippen molar-refractivity contribution < 1.29 is 13.2 Å². The number of sulfonamides is 1. The van der Waals surface area contributed by atoms with E-state index in [1.54, 1.807) is 0 Å². The standard InChI is InChI=1S/C16H25N3O3S/c1-3-23(21,22)19-10-8-16(9-11-19)15(20)17-14(18-16)13-6-4-12(2)5-7-13/h3,12-13H,1,4-11H2,2H3,(H,17,18,20)/t12-,13-. The smallest absolute Gasteiger partial charge is 0.253 e. The molecular weight excluding hydrogens is 314 g/mol. The first-order chi connectivity index (χ1) is 10.9. The molecule has 2 fully saturated rings. The highest BCUT2D eigenvalue weighted by Crippen LogP contribution is 2.35. The van der Waals surface area contributed by atoms with E-state index in [9.17, 15) is 13.2 Å². The molecule has 2 heterocycles. The highest BCUT2D eigenvalue weighted by molar-refractivity contribution is 7.92. The lowest BCUT2D eigenvalue weighted by molar-refractivity contribution is -0.124. The Kier molecular flexibility index (Phi) is 4.35. The van der Waals surface area contributed by atoms with Gasteiger partial charge in [0.1, 0.15) is 11.4 Å². The number of hydrogen-bond donors (Lipinski definition) is 1. The molecule has 0 bridgehead atoms. The minimum atomic E-state index is -3.41. The molecule has 23 heavy (non-hydrogen) atoms. The molecule has 0 radical (unpaired) electrons. The minimum absolute atomic E-state index is 0.0539. The van der Waals surface area contributed by atoms with Crippen molar-refractivity contribution in [1.29, 1.82) is 0 Å². The molecule has 0 atom stereocenters. The van der Waals surface area contributed by atoms with E-state index in [4.69, 9.17) is 4.99 Å². The van der Waals surface area contributed by atoms with Crippen LogP contribution in [0, 0.1) is 11.8 Å². The second kappa shape index (κ2) is 6.02. The summed E-state index contributed by atoms with van der Waals surface area (Å²) in [4.78, 5) is 17.2. The Labute approximate surface area is 138 Å². The van der Waals surface area contributed by atoms with Crippen molar-refractivity contribution in [3.8, 4) is 0 Å². The van der Waals surface area contributed by atoms with Crippen molar-refractivity contribution in [2.45, 2.75) is 51.0 Å². The van der Waals surface area contributed by atoms with Crippen LogP contribution < -0.4 is 5.32 Å². The number of carbonyl (C=O) groups excluding carboxylic acids is 1. The lowest BCUT2D eigenvalue weighted by atomic mass is 9.82. The van der Waals surface area contributed by atoms with E-state index in [1.165, 1.54) is 17.1 Å². The predicted octanol–water partition coefficient (Wildman–Crippen LogP) is 1.65. The summed E-state index contributed by atoms with van der Waals surface area (Å²) in [5.74, 6) is 1.89. The molecule has 2 aliphatic heterocycles. The maximum Gasteiger partial charge on any atom is 0.253 e. The Morgan fingerprint density at radius 3 is 2.43 bits per heavy atom. The largest absolute Gasteiger partial charge is 0.312 e. The van der Waals surface area contributed by atoms with Gasteiger partial charge in [0.25, 0.3) is 5.91 Å². The molecule has 7 heteroatoms.